The van der Waals surface area contributed by atoms with Gasteiger partial charge in [0.05, 0.1) is 21.8 Å². The van der Waals surface area contributed by atoms with Crippen LogP contribution in [0.3, 0.4) is 0 Å². The lowest BCUT2D eigenvalue weighted by Crippen LogP contribution is -2.44. The van der Waals surface area contributed by atoms with Crippen LogP contribution in [0.25, 0.3) is 27.9 Å². The number of hydrogen-bond acceptors (Lipinski definition) is 5. The predicted molar refractivity (Wildman–Crippen MR) is 159 cm³/mol. The molecule has 0 saturated carbocycles. The predicted octanol–water partition coefficient (Wildman–Crippen LogP) is 6.19. The van der Waals surface area contributed by atoms with E-state index in [0.717, 1.165) is 84.5 Å². The van der Waals surface area contributed by atoms with E-state index in [-0.39, 0.29) is 0 Å². The van der Waals surface area contributed by atoms with E-state index in [1.54, 1.807) is 0 Å². The zero-order valence-corrected chi connectivity index (χ0v) is 23.5. The highest BCUT2D eigenvalue weighted by molar-refractivity contribution is 6.35. The Balaban J connectivity index is 1.55. The van der Waals surface area contributed by atoms with Crippen LogP contribution in [0.15, 0.2) is 67.4 Å². The molecule has 0 radical (unpaired) electrons. The third kappa shape index (κ3) is 6.18. The number of aromatic nitrogens is 1. The minimum atomic E-state index is -0.430. The maximum atomic E-state index is 6.71. The molecule has 0 spiro atoms. The molecular formula is C31H40ClN5. The van der Waals surface area contributed by atoms with Gasteiger partial charge < -0.3 is 20.4 Å². The van der Waals surface area contributed by atoms with Crippen molar-refractivity contribution in [2.75, 3.05) is 46.8 Å². The molecule has 1 atom stereocenters. The molecule has 2 aromatic carbocycles. The van der Waals surface area contributed by atoms with Gasteiger partial charge in [0.25, 0.3) is 0 Å². The molecule has 4 rings (SSSR count). The monoisotopic (exact) mass is 517 g/mol. The van der Waals surface area contributed by atoms with Gasteiger partial charge in [-0.3, -0.25) is 0 Å². The molecule has 6 heteroatoms. The van der Waals surface area contributed by atoms with Crippen LogP contribution in [0.2, 0.25) is 5.02 Å². The normalized spacial score (nSPS) is 15.8. The lowest BCUT2D eigenvalue weighted by Gasteiger charge is -2.39. The fourth-order valence-corrected chi connectivity index (χ4v) is 5.47. The Kier molecular flexibility index (Phi) is 8.27. The summed E-state index contributed by atoms with van der Waals surface area (Å²) in [5.74, 6) is 0. The van der Waals surface area contributed by atoms with Gasteiger partial charge in [0.1, 0.15) is 0 Å². The summed E-state index contributed by atoms with van der Waals surface area (Å²) in [6, 6.07) is 16.5. The van der Waals surface area contributed by atoms with E-state index in [2.05, 4.69) is 84.2 Å². The largest absolute Gasteiger partial charge is 0.372 e. The van der Waals surface area contributed by atoms with Gasteiger partial charge in [0.15, 0.2) is 0 Å². The first-order chi connectivity index (χ1) is 17.6. The highest BCUT2D eigenvalue weighted by Crippen LogP contribution is 2.32. The SMILES string of the molecule is C=C(CCC)N1CCN(C(=C)c2ccc3c(Cl)cc(-c4ccc(C(C)(N)CN(C)C)cc4)nc3c2)CC1. The molecule has 1 aliphatic rings. The topological polar surface area (TPSA) is 48.6 Å². The van der Waals surface area contributed by atoms with Crippen molar-refractivity contribution in [1.82, 2.24) is 19.7 Å². The van der Waals surface area contributed by atoms with Gasteiger partial charge in [0, 0.05) is 55.1 Å². The Morgan fingerprint density at radius 3 is 2.30 bits per heavy atom. The Morgan fingerprint density at radius 2 is 1.68 bits per heavy atom. The van der Waals surface area contributed by atoms with Crippen LogP contribution < -0.4 is 5.73 Å². The lowest BCUT2D eigenvalue weighted by atomic mass is 9.91. The average molecular weight is 518 g/mol. The summed E-state index contributed by atoms with van der Waals surface area (Å²) < 4.78 is 0. The van der Waals surface area contributed by atoms with Crippen molar-refractivity contribution < 1.29 is 0 Å². The second kappa shape index (κ2) is 11.3. The van der Waals surface area contributed by atoms with Gasteiger partial charge in [-0.1, -0.05) is 74.5 Å². The van der Waals surface area contributed by atoms with Crippen LogP contribution in [-0.4, -0.2) is 66.5 Å². The van der Waals surface area contributed by atoms with Crippen molar-refractivity contribution in [2.24, 2.45) is 5.73 Å². The number of pyridine rings is 1. The van der Waals surface area contributed by atoms with Gasteiger partial charge in [-0.25, -0.2) is 4.98 Å². The number of hydrogen-bond donors (Lipinski definition) is 1. The molecule has 2 N–H and O–H groups in total. The third-order valence-electron chi connectivity index (χ3n) is 7.22. The number of halogens is 1. The van der Waals surface area contributed by atoms with Gasteiger partial charge in [-0.15, -0.1) is 0 Å². The van der Waals surface area contributed by atoms with Crippen LogP contribution in [-0.2, 0) is 5.54 Å². The average Bonchev–Trinajstić information content (AvgIpc) is 2.87. The molecule has 1 saturated heterocycles. The first kappa shape index (κ1) is 27.2. The summed E-state index contributed by atoms with van der Waals surface area (Å²) in [5, 5.41) is 1.64. The Labute approximate surface area is 227 Å². The number of rotatable bonds is 9. The lowest BCUT2D eigenvalue weighted by molar-refractivity contribution is 0.209. The van der Waals surface area contributed by atoms with E-state index in [1.165, 1.54) is 5.70 Å². The molecular weight excluding hydrogens is 478 g/mol. The summed E-state index contributed by atoms with van der Waals surface area (Å²) in [7, 11) is 4.07. The molecule has 37 heavy (non-hydrogen) atoms. The van der Waals surface area contributed by atoms with E-state index >= 15 is 0 Å². The Hall–Kier alpha value is -2.86. The van der Waals surface area contributed by atoms with E-state index in [9.17, 15) is 0 Å². The van der Waals surface area contributed by atoms with Crippen molar-refractivity contribution in [3.8, 4) is 11.3 Å². The van der Waals surface area contributed by atoms with E-state index in [4.69, 9.17) is 22.3 Å². The number of piperazine rings is 1. The Bertz CT molecular complexity index is 1270. The molecule has 3 aromatic rings. The first-order valence-electron chi connectivity index (χ1n) is 13.1. The standard InChI is InChI=1S/C31H40ClN5/c1-7-8-22(2)36-15-17-37(18-16-36)23(3)25-11-14-27-28(32)20-29(34-30(27)19-25)24-9-12-26(13-10-24)31(4,33)21-35(5)6/h9-14,19-20H,2-3,7-8,15-18,21,33H2,1,4-6H3. The summed E-state index contributed by atoms with van der Waals surface area (Å²) in [4.78, 5) is 11.9. The molecule has 1 unspecified atom stereocenters. The van der Waals surface area contributed by atoms with Crippen molar-refractivity contribution in [2.45, 2.75) is 32.2 Å². The van der Waals surface area contributed by atoms with Crippen molar-refractivity contribution in [3.05, 3.63) is 83.5 Å². The second-order valence-electron chi connectivity index (χ2n) is 10.7. The zero-order valence-electron chi connectivity index (χ0n) is 22.7. The van der Waals surface area contributed by atoms with Gasteiger partial charge in [-0.05, 0) is 50.7 Å². The van der Waals surface area contributed by atoms with Crippen LogP contribution in [0.1, 0.15) is 37.8 Å². The van der Waals surface area contributed by atoms with Crippen molar-refractivity contribution in [1.29, 1.82) is 0 Å². The third-order valence-corrected chi connectivity index (χ3v) is 7.54. The van der Waals surface area contributed by atoms with Gasteiger partial charge in [0.2, 0.25) is 0 Å². The highest BCUT2D eigenvalue weighted by Gasteiger charge is 2.22. The number of fused-ring (bicyclic) bond motifs is 1. The fourth-order valence-electron chi connectivity index (χ4n) is 5.21. The van der Waals surface area contributed by atoms with Crippen LogP contribution in [0, 0.1) is 0 Å². The van der Waals surface area contributed by atoms with Gasteiger partial charge in [-0.2, -0.15) is 0 Å². The number of likely N-dealkylation sites (N-methyl/N-ethyl adjacent to an activating group) is 1. The molecule has 1 aromatic heterocycles. The van der Waals surface area contributed by atoms with Crippen molar-refractivity contribution in [3.63, 3.8) is 0 Å². The van der Waals surface area contributed by atoms with Crippen LogP contribution in [0.4, 0.5) is 0 Å². The molecule has 1 fully saturated rings. The zero-order chi connectivity index (χ0) is 26.7. The van der Waals surface area contributed by atoms with E-state index in [1.807, 2.05) is 20.2 Å². The summed E-state index contributed by atoms with van der Waals surface area (Å²) in [6.45, 7) is 17.5. The minimum absolute atomic E-state index is 0.430. The molecule has 2 heterocycles. The maximum absolute atomic E-state index is 6.71. The number of nitrogens with zero attached hydrogens (tertiary/aromatic N) is 4. The quantitative estimate of drug-likeness (QED) is 0.366. The van der Waals surface area contributed by atoms with Crippen molar-refractivity contribution >= 4 is 28.2 Å². The maximum Gasteiger partial charge on any atom is 0.0731 e. The Morgan fingerprint density at radius 1 is 1.03 bits per heavy atom. The fraction of sp³-hybridized carbons (Fsp3) is 0.387. The van der Waals surface area contributed by atoms with E-state index < -0.39 is 5.54 Å². The first-order valence-corrected chi connectivity index (χ1v) is 13.5. The minimum Gasteiger partial charge on any atom is -0.372 e. The van der Waals surface area contributed by atoms with Crippen LogP contribution in [0.5, 0.6) is 0 Å². The number of nitrogens with two attached hydrogens (primary N) is 1. The van der Waals surface area contributed by atoms with Crippen LogP contribution >= 0.6 is 11.6 Å². The molecule has 0 aliphatic carbocycles. The number of allylic oxidation sites excluding steroid dienone is 1. The number of benzene rings is 2. The molecule has 5 nitrogen and oxygen atoms in total. The summed E-state index contributed by atoms with van der Waals surface area (Å²) >= 11 is 6.71. The second-order valence-corrected chi connectivity index (χ2v) is 11.1. The molecule has 196 valence electrons. The highest BCUT2D eigenvalue weighted by atomic mass is 35.5. The molecule has 0 bridgehead atoms. The molecule has 1 aliphatic heterocycles. The summed E-state index contributed by atoms with van der Waals surface area (Å²) in [5.41, 5.74) is 13.3. The smallest absolute Gasteiger partial charge is 0.0731 e. The molecule has 0 amide bonds. The van der Waals surface area contributed by atoms with E-state index in [0.29, 0.717) is 5.02 Å². The van der Waals surface area contributed by atoms with Gasteiger partial charge >= 0.3 is 0 Å². The summed E-state index contributed by atoms with van der Waals surface area (Å²) in [6.07, 6.45) is 2.19.